The molecule has 1 aliphatic rings. The Morgan fingerprint density at radius 3 is 2.57 bits per heavy atom. The van der Waals surface area contributed by atoms with Gasteiger partial charge in [0.15, 0.2) is 0 Å². The second-order valence-corrected chi connectivity index (χ2v) is 8.80. The highest BCUT2D eigenvalue weighted by Crippen LogP contribution is 2.20. The molecular weight excluding hydrogens is 444 g/mol. The van der Waals surface area contributed by atoms with Crippen LogP contribution in [-0.4, -0.2) is 47.2 Å². The Labute approximate surface area is 175 Å². The van der Waals surface area contributed by atoms with Crippen molar-refractivity contribution in [3.05, 3.63) is 44.7 Å². The van der Waals surface area contributed by atoms with Crippen LogP contribution in [0.2, 0.25) is 0 Å². The van der Waals surface area contributed by atoms with Gasteiger partial charge in [0.05, 0.1) is 11.4 Å². The van der Waals surface area contributed by atoms with Crippen molar-refractivity contribution in [3.63, 3.8) is 0 Å². The Morgan fingerprint density at radius 1 is 1.21 bits per heavy atom. The number of amides is 3. The quantitative estimate of drug-likeness (QED) is 0.711. The largest absolute Gasteiger partial charge is 0.342 e. The molecule has 0 atom stereocenters. The number of carbonyl (C=O) groups excluding carboxylic acids is 3. The summed E-state index contributed by atoms with van der Waals surface area (Å²) in [6.45, 7) is 2.90. The number of aromatic nitrogens is 1. The third-order valence-electron chi connectivity index (χ3n) is 4.56. The molecule has 7 nitrogen and oxygen atoms in total. The topological polar surface area (TPSA) is 91.4 Å². The molecule has 1 aliphatic heterocycles. The number of aryl methyl sites for hydroxylation is 1. The maximum Gasteiger partial charge on any atom is 0.261 e. The number of nitrogens with zero attached hydrogens (tertiary/aromatic N) is 2. The van der Waals surface area contributed by atoms with Gasteiger partial charge in [-0.1, -0.05) is 0 Å². The van der Waals surface area contributed by atoms with Crippen LogP contribution in [0.4, 0.5) is 5.82 Å². The summed E-state index contributed by atoms with van der Waals surface area (Å²) in [6.07, 6.45) is 2.81. The van der Waals surface area contributed by atoms with Gasteiger partial charge in [-0.3, -0.25) is 14.4 Å². The van der Waals surface area contributed by atoms with E-state index in [4.69, 9.17) is 0 Å². The van der Waals surface area contributed by atoms with Crippen LogP contribution >= 0.6 is 27.3 Å². The average molecular weight is 465 g/mol. The molecule has 0 aliphatic carbocycles. The lowest BCUT2D eigenvalue weighted by Gasteiger charge is -2.31. The molecule has 2 N–H and O–H groups in total. The van der Waals surface area contributed by atoms with E-state index in [1.165, 1.54) is 11.3 Å². The fourth-order valence-corrected chi connectivity index (χ4v) is 4.00. The van der Waals surface area contributed by atoms with Crippen molar-refractivity contribution in [2.24, 2.45) is 5.92 Å². The fraction of sp³-hybridized carbons (Fsp3) is 0.368. The Kier molecular flexibility index (Phi) is 6.79. The highest BCUT2D eigenvalue weighted by atomic mass is 79.9. The third-order valence-corrected chi connectivity index (χ3v) is 6.03. The first-order valence-electron chi connectivity index (χ1n) is 8.97. The van der Waals surface area contributed by atoms with E-state index < -0.39 is 0 Å². The summed E-state index contributed by atoms with van der Waals surface area (Å²) in [4.78, 5) is 44.3. The normalized spacial score (nSPS) is 14.6. The fourth-order valence-electron chi connectivity index (χ4n) is 2.98. The Morgan fingerprint density at radius 2 is 1.96 bits per heavy atom. The van der Waals surface area contributed by atoms with E-state index in [-0.39, 0.29) is 30.2 Å². The van der Waals surface area contributed by atoms with Crippen LogP contribution in [0.3, 0.4) is 0 Å². The summed E-state index contributed by atoms with van der Waals surface area (Å²) in [7, 11) is 0. The van der Waals surface area contributed by atoms with Crippen molar-refractivity contribution in [2.45, 2.75) is 19.8 Å². The first-order valence-corrected chi connectivity index (χ1v) is 10.6. The van der Waals surface area contributed by atoms with E-state index in [0.29, 0.717) is 36.6 Å². The van der Waals surface area contributed by atoms with Crippen LogP contribution in [0.15, 0.2) is 34.9 Å². The van der Waals surface area contributed by atoms with Gasteiger partial charge >= 0.3 is 0 Å². The van der Waals surface area contributed by atoms with E-state index in [1.54, 1.807) is 23.2 Å². The average Bonchev–Trinajstić information content (AvgIpc) is 3.14. The highest BCUT2D eigenvalue weighted by Gasteiger charge is 2.27. The van der Waals surface area contributed by atoms with Crippen LogP contribution < -0.4 is 10.6 Å². The number of likely N-dealkylation sites (tertiary alicyclic amines) is 1. The zero-order chi connectivity index (χ0) is 20.1. The number of hydrogen-bond acceptors (Lipinski definition) is 5. The molecule has 0 radical (unpaired) electrons. The number of carbonyl (C=O) groups is 3. The predicted molar refractivity (Wildman–Crippen MR) is 111 cm³/mol. The van der Waals surface area contributed by atoms with Crippen LogP contribution in [0.25, 0.3) is 0 Å². The molecule has 0 aromatic carbocycles. The van der Waals surface area contributed by atoms with Crippen molar-refractivity contribution in [2.75, 3.05) is 25.0 Å². The van der Waals surface area contributed by atoms with Crippen LogP contribution in [-0.2, 0) is 9.59 Å². The van der Waals surface area contributed by atoms with E-state index in [9.17, 15) is 14.4 Å². The number of thiophene rings is 1. The molecule has 3 heterocycles. The lowest BCUT2D eigenvalue weighted by Crippen LogP contribution is -2.45. The Balaban J connectivity index is 1.42. The zero-order valence-electron chi connectivity index (χ0n) is 15.4. The van der Waals surface area contributed by atoms with Crippen molar-refractivity contribution in [3.8, 4) is 0 Å². The Bertz CT molecular complexity index is 860. The van der Waals surface area contributed by atoms with Crippen molar-refractivity contribution in [1.82, 2.24) is 15.2 Å². The third kappa shape index (κ3) is 5.39. The van der Waals surface area contributed by atoms with Gasteiger partial charge in [-0.25, -0.2) is 4.98 Å². The number of rotatable bonds is 5. The maximum absolute atomic E-state index is 12.4. The monoisotopic (exact) mass is 464 g/mol. The second kappa shape index (κ2) is 9.29. The summed E-state index contributed by atoms with van der Waals surface area (Å²) in [6, 6.07) is 7.18. The number of piperidine rings is 1. The number of anilines is 1. The van der Waals surface area contributed by atoms with Gasteiger partial charge in [-0.2, -0.15) is 0 Å². The molecule has 1 saturated heterocycles. The van der Waals surface area contributed by atoms with Crippen LogP contribution in [0.1, 0.15) is 27.4 Å². The maximum atomic E-state index is 12.4. The van der Waals surface area contributed by atoms with Gasteiger partial charge in [0.25, 0.3) is 5.91 Å². The smallest absolute Gasteiger partial charge is 0.261 e. The minimum Gasteiger partial charge on any atom is -0.342 e. The van der Waals surface area contributed by atoms with Gasteiger partial charge in [-0.05, 0) is 60.0 Å². The first kappa shape index (κ1) is 20.5. The highest BCUT2D eigenvalue weighted by molar-refractivity contribution is 9.10. The summed E-state index contributed by atoms with van der Waals surface area (Å²) in [5, 5.41) is 5.48. The first-order chi connectivity index (χ1) is 13.4. The summed E-state index contributed by atoms with van der Waals surface area (Å²) in [5.41, 5.74) is 0. The lowest BCUT2D eigenvalue weighted by molar-refractivity contribution is -0.133. The van der Waals surface area contributed by atoms with Gasteiger partial charge in [-0.15, -0.1) is 11.3 Å². The second-order valence-electron chi connectivity index (χ2n) is 6.60. The molecule has 1 fully saturated rings. The van der Waals surface area contributed by atoms with Crippen molar-refractivity contribution >= 4 is 50.8 Å². The molecule has 148 valence electrons. The van der Waals surface area contributed by atoms with Gasteiger partial charge in [0.1, 0.15) is 5.82 Å². The summed E-state index contributed by atoms with van der Waals surface area (Å²) >= 11 is 4.70. The standard InChI is InChI=1S/C19H21BrN4O3S/c1-12-2-4-15(28-12)19(27)22-11-17(25)24-8-6-13(7-9-24)18(26)23-16-5-3-14(20)10-21-16/h2-5,10,13H,6-9,11H2,1H3,(H,22,27)(H,21,23,26). The molecule has 0 unspecified atom stereocenters. The number of halogens is 1. The van der Waals surface area contributed by atoms with Gasteiger partial charge in [0, 0.05) is 34.6 Å². The number of pyridine rings is 1. The Hall–Kier alpha value is -2.26. The van der Waals surface area contributed by atoms with Crippen molar-refractivity contribution in [1.29, 1.82) is 0 Å². The molecular formula is C19H21BrN4O3S. The van der Waals surface area contributed by atoms with E-state index >= 15 is 0 Å². The van der Waals surface area contributed by atoms with E-state index in [2.05, 4.69) is 31.5 Å². The van der Waals surface area contributed by atoms with Gasteiger partial charge in [0.2, 0.25) is 11.8 Å². The van der Waals surface area contributed by atoms with E-state index in [1.807, 2.05) is 19.1 Å². The minimum atomic E-state index is -0.234. The summed E-state index contributed by atoms with van der Waals surface area (Å²) in [5.74, 6) is -0.0857. The lowest BCUT2D eigenvalue weighted by atomic mass is 9.96. The zero-order valence-corrected chi connectivity index (χ0v) is 17.8. The summed E-state index contributed by atoms with van der Waals surface area (Å²) < 4.78 is 0.846. The number of nitrogens with one attached hydrogen (secondary N) is 2. The predicted octanol–water partition coefficient (Wildman–Crippen LogP) is 2.82. The van der Waals surface area contributed by atoms with E-state index in [0.717, 1.165) is 9.35 Å². The number of hydrogen-bond donors (Lipinski definition) is 2. The molecule has 28 heavy (non-hydrogen) atoms. The molecule has 2 aromatic rings. The molecule has 0 bridgehead atoms. The van der Waals surface area contributed by atoms with Crippen LogP contribution in [0, 0.1) is 12.8 Å². The van der Waals surface area contributed by atoms with Gasteiger partial charge < -0.3 is 15.5 Å². The molecule has 3 amide bonds. The minimum absolute atomic E-state index is 0.0323. The molecule has 0 saturated carbocycles. The molecule has 9 heteroatoms. The SMILES string of the molecule is Cc1ccc(C(=O)NCC(=O)N2CCC(C(=O)Nc3ccc(Br)cn3)CC2)s1. The molecule has 0 spiro atoms. The molecule has 2 aromatic heterocycles. The molecule has 3 rings (SSSR count). The van der Waals surface area contributed by atoms with Crippen molar-refractivity contribution < 1.29 is 14.4 Å². The van der Waals surface area contributed by atoms with Crippen LogP contribution in [0.5, 0.6) is 0 Å².